The van der Waals surface area contributed by atoms with Gasteiger partial charge in [0, 0.05) is 12.8 Å². The Labute approximate surface area is 89.9 Å². The molecule has 0 heterocycles. The van der Waals surface area contributed by atoms with Crippen molar-refractivity contribution in [2.24, 2.45) is 5.92 Å². The molecule has 0 atom stereocenters. The third kappa shape index (κ3) is 10.6. The number of esters is 1. The van der Waals surface area contributed by atoms with Crippen molar-refractivity contribution in [2.45, 2.75) is 39.5 Å². The first kappa shape index (κ1) is 13.7. The number of allylic oxidation sites excluding steroid dienone is 1. The minimum atomic E-state index is -0.830. The van der Waals surface area contributed by atoms with Crippen LogP contribution in [-0.4, -0.2) is 17.0 Å². The van der Waals surface area contributed by atoms with Gasteiger partial charge in [0.25, 0.3) is 0 Å². The number of ether oxygens (including phenoxy) is 1. The van der Waals surface area contributed by atoms with Gasteiger partial charge in [-0.3, -0.25) is 9.59 Å². The lowest BCUT2D eigenvalue weighted by atomic mass is 10.2. The molecule has 0 spiro atoms. The van der Waals surface area contributed by atoms with Gasteiger partial charge in [0.05, 0.1) is 6.26 Å². The number of carboxylic acid groups (broad SMARTS) is 1. The monoisotopic (exact) mass is 214 g/mol. The van der Waals surface area contributed by atoms with Crippen LogP contribution in [0.3, 0.4) is 0 Å². The number of carbonyl (C=O) groups is 2. The topological polar surface area (TPSA) is 63.6 Å². The van der Waals surface area contributed by atoms with Crippen molar-refractivity contribution in [3.05, 3.63) is 12.3 Å². The summed E-state index contributed by atoms with van der Waals surface area (Å²) in [5.74, 6) is -0.787. The van der Waals surface area contributed by atoms with E-state index in [-0.39, 0.29) is 18.8 Å². The average molecular weight is 214 g/mol. The van der Waals surface area contributed by atoms with Crippen LogP contribution in [0.15, 0.2) is 12.3 Å². The Kier molecular flexibility index (Phi) is 7.32. The van der Waals surface area contributed by atoms with Crippen LogP contribution < -0.4 is 0 Å². The molecule has 0 radical (unpaired) electrons. The van der Waals surface area contributed by atoms with E-state index >= 15 is 0 Å². The lowest BCUT2D eigenvalue weighted by molar-refractivity contribution is -0.139. The highest BCUT2D eigenvalue weighted by Gasteiger charge is 2.02. The lowest BCUT2D eigenvalue weighted by Gasteiger charge is -1.99. The maximum atomic E-state index is 11.0. The summed E-state index contributed by atoms with van der Waals surface area (Å²) >= 11 is 0. The largest absolute Gasteiger partial charge is 0.481 e. The minimum absolute atomic E-state index is 0.106. The SMILES string of the molecule is CC(C)C=COC(=O)CCCCC(=O)O. The number of rotatable bonds is 7. The van der Waals surface area contributed by atoms with Crippen molar-refractivity contribution in [1.29, 1.82) is 0 Å². The normalized spacial score (nSPS) is 10.9. The number of carboxylic acids is 1. The molecule has 0 saturated heterocycles. The van der Waals surface area contributed by atoms with E-state index in [0.29, 0.717) is 18.8 Å². The lowest BCUT2D eigenvalue weighted by Crippen LogP contribution is -2.01. The third-order valence-electron chi connectivity index (χ3n) is 1.68. The van der Waals surface area contributed by atoms with Crippen LogP contribution in [-0.2, 0) is 14.3 Å². The van der Waals surface area contributed by atoms with Crippen molar-refractivity contribution < 1.29 is 19.4 Å². The fourth-order valence-electron chi connectivity index (χ4n) is 0.877. The molecule has 4 nitrogen and oxygen atoms in total. The van der Waals surface area contributed by atoms with Crippen molar-refractivity contribution in [2.75, 3.05) is 0 Å². The van der Waals surface area contributed by atoms with Gasteiger partial charge in [0.15, 0.2) is 0 Å². The van der Waals surface area contributed by atoms with Crippen LogP contribution in [0, 0.1) is 5.92 Å². The second kappa shape index (κ2) is 8.03. The summed E-state index contributed by atoms with van der Waals surface area (Å²) in [5.41, 5.74) is 0. The summed E-state index contributed by atoms with van der Waals surface area (Å²) in [5, 5.41) is 8.35. The zero-order valence-corrected chi connectivity index (χ0v) is 9.23. The van der Waals surface area contributed by atoms with Crippen LogP contribution in [0.1, 0.15) is 39.5 Å². The Morgan fingerprint density at radius 2 is 1.87 bits per heavy atom. The van der Waals surface area contributed by atoms with Gasteiger partial charge in [-0.15, -0.1) is 0 Å². The number of aliphatic carboxylic acids is 1. The first-order valence-corrected chi connectivity index (χ1v) is 5.10. The summed E-state index contributed by atoms with van der Waals surface area (Å²) in [7, 11) is 0. The van der Waals surface area contributed by atoms with E-state index in [2.05, 4.69) is 0 Å². The minimum Gasteiger partial charge on any atom is -0.481 e. The molecule has 1 N–H and O–H groups in total. The second-order valence-corrected chi connectivity index (χ2v) is 3.66. The molecule has 0 saturated carbocycles. The van der Waals surface area contributed by atoms with Gasteiger partial charge < -0.3 is 9.84 Å². The maximum absolute atomic E-state index is 11.0. The molecule has 0 aromatic heterocycles. The standard InChI is InChI=1S/C11H18O4/c1-9(2)7-8-15-11(14)6-4-3-5-10(12)13/h7-9H,3-6H2,1-2H3,(H,12,13). The highest BCUT2D eigenvalue weighted by Crippen LogP contribution is 2.02. The second-order valence-electron chi connectivity index (χ2n) is 3.66. The van der Waals surface area contributed by atoms with Crippen molar-refractivity contribution in [1.82, 2.24) is 0 Å². The third-order valence-corrected chi connectivity index (χ3v) is 1.68. The molecule has 15 heavy (non-hydrogen) atoms. The zero-order chi connectivity index (χ0) is 11.7. The smallest absolute Gasteiger partial charge is 0.310 e. The van der Waals surface area contributed by atoms with E-state index in [4.69, 9.17) is 9.84 Å². The Bertz CT molecular complexity index is 231. The molecule has 0 aliphatic carbocycles. The molecule has 0 unspecified atom stereocenters. The van der Waals surface area contributed by atoms with Crippen LogP contribution in [0.25, 0.3) is 0 Å². The molecular weight excluding hydrogens is 196 g/mol. The van der Waals surface area contributed by atoms with Gasteiger partial charge in [0.1, 0.15) is 0 Å². The summed E-state index contributed by atoms with van der Waals surface area (Å²) < 4.78 is 4.79. The number of unbranched alkanes of at least 4 members (excludes halogenated alkanes) is 1. The molecule has 0 aromatic rings. The molecule has 0 aliphatic heterocycles. The van der Waals surface area contributed by atoms with Gasteiger partial charge in [-0.1, -0.05) is 13.8 Å². The first-order valence-electron chi connectivity index (χ1n) is 5.10. The van der Waals surface area contributed by atoms with Crippen LogP contribution >= 0.6 is 0 Å². The maximum Gasteiger partial charge on any atom is 0.310 e. The van der Waals surface area contributed by atoms with E-state index in [1.807, 2.05) is 13.8 Å². The number of carbonyl (C=O) groups excluding carboxylic acids is 1. The van der Waals surface area contributed by atoms with Crippen LogP contribution in [0.4, 0.5) is 0 Å². The Hall–Kier alpha value is -1.32. The summed E-state index contributed by atoms with van der Waals surface area (Å²) in [6.07, 6.45) is 4.63. The van der Waals surface area contributed by atoms with Gasteiger partial charge >= 0.3 is 11.9 Å². The molecule has 0 fully saturated rings. The zero-order valence-electron chi connectivity index (χ0n) is 9.23. The Balaban J connectivity index is 3.45. The highest BCUT2D eigenvalue weighted by molar-refractivity contribution is 5.70. The number of hydrogen-bond donors (Lipinski definition) is 1. The summed E-state index contributed by atoms with van der Waals surface area (Å²) in [6.45, 7) is 3.97. The van der Waals surface area contributed by atoms with Crippen molar-refractivity contribution >= 4 is 11.9 Å². The Morgan fingerprint density at radius 1 is 1.27 bits per heavy atom. The van der Waals surface area contributed by atoms with Gasteiger partial charge in [0.2, 0.25) is 0 Å². The fraction of sp³-hybridized carbons (Fsp3) is 0.636. The van der Waals surface area contributed by atoms with Gasteiger partial charge in [-0.2, -0.15) is 0 Å². The summed E-state index contributed by atoms with van der Waals surface area (Å²) in [6, 6.07) is 0. The van der Waals surface area contributed by atoms with Crippen molar-refractivity contribution in [3.63, 3.8) is 0 Å². The predicted octanol–water partition coefficient (Wildman–Crippen LogP) is 2.34. The van der Waals surface area contributed by atoms with E-state index in [1.54, 1.807) is 6.08 Å². The summed E-state index contributed by atoms with van der Waals surface area (Å²) in [4.78, 5) is 21.2. The predicted molar refractivity (Wildman–Crippen MR) is 56.2 cm³/mol. The fourth-order valence-corrected chi connectivity index (χ4v) is 0.877. The van der Waals surface area contributed by atoms with E-state index in [0.717, 1.165) is 0 Å². The van der Waals surface area contributed by atoms with E-state index in [9.17, 15) is 9.59 Å². The van der Waals surface area contributed by atoms with Gasteiger partial charge in [-0.25, -0.2) is 0 Å². The first-order chi connectivity index (χ1) is 7.02. The van der Waals surface area contributed by atoms with Crippen molar-refractivity contribution in [3.8, 4) is 0 Å². The highest BCUT2D eigenvalue weighted by atomic mass is 16.5. The van der Waals surface area contributed by atoms with Crippen LogP contribution in [0.2, 0.25) is 0 Å². The molecule has 0 aliphatic rings. The molecule has 0 aromatic carbocycles. The molecule has 0 rings (SSSR count). The molecule has 4 heteroatoms. The van der Waals surface area contributed by atoms with Gasteiger partial charge in [-0.05, 0) is 24.8 Å². The average Bonchev–Trinajstić information content (AvgIpc) is 2.11. The molecular formula is C11H18O4. The number of hydrogen-bond acceptors (Lipinski definition) is 3. The van der Waals surface area contributed by atoms with Crippen LogP contribution in [0.5, 0.6) is 0 Å². The molecule has 86 valence electrons. The van der Waals surface area contributed by atoms with E-state index < -0.39 is 5.97 Å². The Morgan fingerprint density at radius 3 is 2.40 bits per heavy atom. The molecule has 0 amide bonds. The molecule has 0 bridgehead atoms. The van der Waals surface area contributed by atoms with E-state index in [1.165, 1.54) is 6.26 Å². The quantitative estimate of drug-likeness (QED) is 0.401.